The van der Waals surface area contributed by atoms with E-state index in [0.717, 1.165) is 16.8 Å². The molecule has 0 unspecified atom stereocenters. The van der Waals surface area contributed by atoms with Crippen LogP contribution in [0.5, 0.6) is 5.75 Å². The number of aromatic nitrogens is 1. The van der Waals surface area contributed by atoms with Crippen molar-refractivity contribution in [3.63, 3.8) is 0 Å². The van der Waals surface area contributed by atoms with Crippen molar-refractivity contribution in [2.45, 2.75) is 13.8 Å². The number of hydrogen-bond donors (Lipinski definition) is 1. The maximum absolute atomic E-state index is 9.22. The first-order chi connectivity index (χ1) is 9.56. The molecule has 2 rings (SSSR count). The highest BCUT2D eigenvalue weighted by Gasteiger charge is 2.11. The Kier molecular flexibility index (Phi) is 4.11. The van der Waals surface area contributed by atoms with Crippen molar-refractivity contribution in [2.75, 3.05) is 12.4 Å². The van der Waals surface area contributed by atoms with Crippen LogP contribution in [-0.2, 0) is 0 Å². The van der Waals surface area contributed by atoms with Crippen molar-refractivity contribution in [3.05, 3.63) is 46.1 Å². The van der Waals surface area contributed by atoms with Crippen LogP contribution >= 0.6 is 11.6 Å². The Morgan fingerprint density at radius 3 is 2.70 bits per heavy atom. The molecule has 1 aromatic heterocycles. The molecule has 1 N–H and O–H groups in total. The first-order valence-electron chi connectivity index (χ1n) is 6.03. The third-order valence-corrected chi connectivity index (χ3v) is 3.41. The van der Waals surface area contributed by atoms with Gasteiger partial charge >= 0.3 is 0 Å². The molecule has 0 bridgehead atoms. The molecule has 0 amide bonds. The van der Waals surface area contributed by atoms with Crippen LogP contribution in [0.3, 0.4) is 0 Å². The third kappa shape index (κ3) is 2.68. The van der Waals surface area contributed by atoms with Gasteiger partial charge in [-0.3, -0.25) is 0 Å². The number of pyridine rings is 1. The standard InChI is InChI=1S/C15H14ClN3O/c1-9-4-5-18-15(11(9)8-17)19-13-6-10(2)12(16)7-14(13)20-3/h4-7H,1-3H3,(H,18,19). The van der Waals surface area contributed by atoms with Crippen molar-refractivity contribution in [1.29, 1.82) is 5.26 Å². The Morgan fingerprint density at radius 2 is 2.05 bits per heavy atom. The number of ether oxygens (including phenoxy) is 1. The molecule has 0 aliphatic heterocycles. The summed E-state index contributed by atoms with van der Waals surface area (Å²) in [5.41, 5.74) is 3.03. The highest BCUT2D eigenvalue weighted by atomic mass is 35.5. The molecular weight excluding hydrogens is 274 g/mol. The number of methoxy groups -OCH3 is 1. The molecule has 102 valence electrons. The van der Waals surface area contributed by atoms with Crippen LogP contribution in [0.2, 0.25) is 5.02 Å². The van der Waals surface area contributed by atoms with Gasteiger partial charge in [0.1, 0.15) is 17.6 Å². The van der Waals surface area contributed by atoms with Crippen LogP contribution in [0.15, 0.2) is 24.4 Å². The number of nitriles is 1. The minimum absolute atomic E-state index is 0.507. The predicted molar refractivity (Wildman–Crippen MR) is 79.7 cm³/mol. The van der Waals surface area contributed by atoms with Crippen LogP contribution in [0, 0.1) is 25.2 Å². The zero-order valence-electron chi connectivity index (χ0n) is 11.5. The molecule has 1 aromatic carbocycles. The molecule has 0 aliphatic rings. The Hall–Kier alpha value is -2.25. The first-order valence-corrected chi connectivity index (χ1v) is 6.41. The van der Waals surface area contributed by atoms with Crippen LogP contribution < -0.4 is 10.1 Å². The lowest BCUT2D eigenvalue weighted by Crippen LogP contribution is -2.01. The number of halogens is 1. The van der Waals surface area contributed by atoms with Crippen LogP contribution in [0.4, 0.5) is 11.5 Å². The van der Waals surface area contributed by atoms with Crippen LogP contribution in [0.25, 0.3) is 0 Å². The number of nitrogens with one attached hydrogen (secondary N) is 1. The molecule has 0 spiro atoms. The summed E-state index contributed by atoms with van der Waals surface area (Å²) in [6, 6.07) is 7.56. The average Bonchev–Trinajstić information content (AvgIpc) is 2.43. The van der Waals surface area contributed by atoms with E-state index in [1.165, 1.54) is 0 Å². The minimum Gasteiger partial charge on any atom is -0.495 e. The zero-order valence-corrected chi connectivity index (χ0v) is 12.2. The summed E-state index contributed by atoms with van der Waals surface area (Å²) in [5, 5.41) is 13.0. The van der Waals surface area contributed by atoms with Gasteiger partial charge in [0.15, 0.2) is 0 Å². The number of anilines is 2. The topological polar surface area (TPSA) is 57.9 Å². The van der Waals surface area contributed by atoms with E-state index in [4.69, 9.17) is 16.3 Å². The van der Waals surface area contributed by atoms with Gasteiger partial charge < -0.3 is 10.1 Å². The van der Waals surface area contributed by atoms with E-state index in [2.05, 4.69) is 16.4 Å². The van der Waals surface area contributed by atoms with Gasteiger partial charge in [-0.1, -0.05) is 11.6 Å². The summed E-state index contributed by atoms with van der Waals surface area (Å²) >= 11 is 6.08. The molecule has 2 aromatic rings. The highest BCUT2D eigenvalue weighted by Crippen LogP contribution is 2.33. The second-order valence-corrected chi connectivity index (χ2v) is 4.80. The Labute approximate surface area is 123 Å². The van der Waals surface area contributed by atoms with Gasteiger partial charge in [-0.2, -0.15) is 5.26 Å². The molecule has 20 heavy (non-hydrogen) atoms. The molecule has 0 saturated heterocycles. The largest absolute Gasteiger partial charge is 0.495 e. The average molecular weight is 288 g/mol. The number of nitrogens with zero attached hydrogens (tertiary/aromatic N) is 2. The molecule has 0 radical (unpaired) electrons. The lowest BCUT2D eigenvalue weighted by atomic mass is 10.1. The van der Waals surface area contributed by atoms with E-state index >= 15 is 0 Å². The summed E-state index contributed by atoms with van der Waals surface area (Å²) < 4.78 is 5.30. The molecular formula is C15H14ClN3O. The fourth-order valence-corrected chi connectivity index (χ4v) is 2.01. The van der Waals surface area contributed by atoms with Gasteiger partial charge in [-0.25, -0.2) is 4.98 Å². The highest BCUT2D eigenvalue weighted by molar-refractivity contribution is 6.31. The quantitative estimate of drug-likeness (QED) is 0.928. The summed E-state index contributed by atoms with van der Waals surface area (Å²) in [4.78, 5) is 4.21. The summed E-state index contributed by atoms with van der Waals surface area (Å²) in [7, 11) is 1.57. The molecule has 5 heteroatoms. The van der Waals surface area contributed by atoms with Crippen molar-refractivity contribution >= 4 is 23.1 Å². The molecule has 1 heterocycles. The van der Waals surface area contributed by atoms with Crippen molar-refractivity contribution in [1.82, 2.24) is 4.98 Å². The smallest absolute Gasteiger partial charge is 0.148 e. The van der Waals surface area contributed by atoms with Crippen LogP contribution in [0.1, 0.15) is 16.7 Å². The van der Waals surface area contributed by atoms with Gasteiger partial charge in [-0.15, -0.1) is 0 Å². The molecule has 4 nitrogen and oxygen atoms in total. The van der Waals surface area contributed by atoms with E-state index < -0.39 is 0 Å². The Bertz CT molecular complexity index is 692. The predicted octanol–water partition coefficient (Wildman–Crippen LogP) is 3.98. The van der Waals surface area contributed by atoms with Gasteiger partial charge in [0.05, 0.1) is 18.4 Å². The van der Waals surface area contributed by atoms with Crippen molar-refractivity contribution in [3.8, 4) is 11.8 Å². The number of rotatable bonds is 3. The van der Waals surface area contributed by atoms with E-state index in [0.29, 0.717) is 22.2 Å². The zero-order chi connectivity index (χ0) is 14.7. The summed E-state index contributed by atoms with van der Waals surface area (Å²) in [5.74, 6) is 1.11. The fourth-order valence-electron chi connectivity index (χ4n) is 1.85. The number of aryl methyl sites for hydroxylation is 2. The summed E-state index contributed by atoms with van der Waals surface area (Å²) in [6.45, 7) is 3.78. The molecule has 0 aliphatic carbocycles. The van der Waals surface area contributed by atoms with E-state index in [1.807, 2.05) is 19.9 Å². The second-order valence-electron chi connectivity index (χ2n) is 4.39. The normalized spacial score (nSPS) is 9.95. The van der Waals surface area contributed by atoms with Gasteiger partial charge in [0, 0.05) is 17.3 Å². The van der Waals surface area contributed by atoms with Crippen LogP contribution in [-0.4, -0.2) is 12.1 Å². The number of hydrogen-bond acceptors (Lipinski definition) is 4. The first kappa shape index (κ1) is 14.2. The minimum atomic E-state index is 0.507. The fraction of sp³-hybridized carbons (Fsp3) is 0.200. The van der Waals surface area contributed by atoms with E-state index in [1.54, 1.807) is 25.4 Å². The monoisotopic (exact) mass is 287 g/mol. The Balaban J connectivity index is 2.48. The van der Waals surface area contributed by atoms with Gasteiger partial charge in [0.2, 0.25) is 0 Å². The molecule has 0 atom stereocenters. The summed E-state index contributed by atoms with van der Waals surface area (Å²) in [6.07, 6.45) is 1.66. The maximum Gasteiger partial charge on any atom is 0.148 e. The van der Waals surface area contributed by atoms with Crippen molar-refractivity contribution in [2.24, 2.45) is 0 Å². The molecule has 0 saturated carbocycles. The Morgan fingerprint density at radius 1 is 1.30 bits per heavy atom. The van der Waals surface area contributed by atoms with Gasteiger partial charge in [-0.05, 0) is 37.1 Å². The molecule has 0 fully saturated rings. The lowest BCUT2D eigenvalue weighted by molar-refractivity contribution is 0.416. The maximum atomic E-state index is 9.22. The van der Waals surface area contributed by atoms with Crippen molar-refractivity contribution < 1.29 is 4.74 Å². The van der Waals surface area contributed by atoms with Gasteiger partial charge in [0.25, 0.3) is 0 Å². The number of benzene rings is 1. The second kappa shape index (κ2) is 5.81. The van der Waals surface area contributed by atoms with E-state index in [9.17, 15) is 5.26 Å². The van der Waals surface area contributed by atoms with E-state index in [-0.39, 0.29) is 0 Å². The third-order valence-electron chi connectivity index (χ3n) is 3.00. The lowest BCUT2D eigenvalue weighted by Gasteiger charge is -2.14. The SMILES string of the molecule is COc1cc(Cl)c(C)cc1Nc1nccc(C)c1C#N.